The minimum Gasteiger partial charge on any atom is -0.385 e. The van der Waals surface area contributed by atoms with Gasteiger partial charge in [-0.05, 0) is 13.3 Å². The van der Waals surface area contributed by atoms with Crippen LogP contribution in [0.4, 0.5) is 0 Å². The normalized spacial score (nSPS) is 12.8. The predicted octanol–water partition coefficient (Wildman–Crippen LogP) is 4.86. The molecule has 0 radical (unpaired) electrons. The summed E-state index contributed by atoms with van der Waals surface area (Å²) in [4.78, 5) is 4.19. The molecule has 0 saturated heterocycles. The predicted molar refractivity (Wildman–Crippen MR) is 84.7 cm³/mol. The number of aromatic nitrogens is 2. The largest absolute Gasteiger partial charge is 0.385 e. The minimum atomic E-state index is -0.465. The highest BCUT2D eigenvalue weighted by Gasteiger charge is 2.07. The van der Waals surface area contributed by atoms with Crippen LogP contribution in [0.15, 0.2) is 12.4 Å². The van der Waals surface area contributed by atoms with Gasteiger partial charge in [-0.1, -0.05) is 64.7 Å². The van der Waals surface area contributed by atoms with Crippen molar-refractivity contribution >= 4 is 0 Å². The molecular formula is C17H32N2O. The van der Waals surface area contributed by atoms with Crippen molar-refractivity contribution < 1.29 is 5.11 Å². The third-order valence-electron chi connectivity index (χ3n) is 3.87. The summed E-state index contributed by atoms with van der Waals surface area (Å²) in [6.45, 7) is 5.03. The van der Waals surface area contributed by atoms with E-state index in [0.29, 0.717) is 0 Å². The zero-order valence-corrected chi connectivity index (χ0v) is 13.4. The van der Waals surface area contributed by atoms with E-state index in [-0.39, 0.29) is 0 Å². The molecule has 3 heteroatoms. The van der Waals surface area contributed by atoms with E-state index >= 15 is 0 Å². The molecular weight excluding hydrogens is 248 g/mol. The number of imidazole rings is 1. The van der Waals surface area contributed by atoms with Crippen LogP contribution in [0.2, 0.25) is 0 Å². The van der Waals surface area contributed by atoms with Gasteiger partial charge in [-0.3, -0.25) is 0 Å². The second-order valence-corrected chi connectivity index (χ2v) is 5.84. The number of hydrogen-bond acceptors (Lipinski definition) is 2. The first-order valence-electron chi connectivity index (χ1n) is 8.44. The third kappa shape index (κ3) is 7.09. The molecule has 1 aromatic rings. The quantitative estimate of drug-likeness (QED) is 0.555. The minimum absolute atomic E-state index is 0.465. The number of aliphatic hydroxyl groups excluding tert-OH is 1. The molecule has 0 amide bonds. The monoisotopic (exact) mass is 280 g/mol. The number of rotatable bonds is 12. The fourth-order valence-electron chi connectivity index (χ4n) is 2.65. The van der Waals surface area contributed by atoms with Gasteiger partial charge in [-0.25, -0.2) is 4.98 Å². The molecule has 1 rings (SSSR count). The molecule has 116 valence electrons. The summed E-state index contributed by atoms with van der Waals surface area (Å²) in [5.74, 6) is 0.793. The molecule has 1 aromatic heterocycles. The van der Waals surface area contributed by atoms with Gasteiger partial charge in [0, 0.05) is 18.9 Å². The fourth-order valence-corrected chi connectivity index (χ4v) is 2.65. The van der Waals surface area contributed by atoms with Crippen LogP contribution >= 0.6 is 0 Å². The van der Waals surface area contributed by atoms with Gasteiger partial charge in [0.2, 0.25) is 0 Å². The van der Waals surface area contributed by atoms with Gasteiger partial charge in [0.25, 0.3) is 0 Å². The highest BCUT2D eigenvalue weighted by atomic mass is 16.3. The molecule has 1 atom stereocenters. The summed E-state index contributed by atoms with van der Waals surface area (Å²) in [6, 6.07) is 0. The molecule has 0 aromatic carbocycles. The highest BCUT2D eigenvalue weighted by molar-refractivity contribution is 4.94. The van der Waals surface area contributed by atoms with Crippen LogP contribution in [0.1, 0.15) is 90.0 Å². The topological polar surface area (TPSA) is 38.0 Å². The fraction of sp³-hybridized carbons (Fsp3) is 0.824. The Labute approximate surface area is 124 Å². The number of hydrogen-bond donors (Lipinski definition) is 1. The van der Waals surface area contributed by atoms with Gasteiger partial charge >= 0.3 is 0 Å². The first kappa shape index (κ1) is 17.2. The summed E-state index contributed by atoms with van der Waals surface area (Å²) in [5.41, 5.74) is 0. The summed E-state index contributed by atoms with van der Waals surface area (Å²) >= 11 is 0. The van der Waals surface area contributed by atoms with E-state index in [4.69, 9.17) is 0 Å². The average Bonchev–Trinajstić information content (AvgIpc) is 2.89. The van der Waals surface area contributed by atoms with Gasteiger partial charge in [0.05, 0.1) is 0 Å². The summed E-state index contributed by atoms with van der Waals surface area (Å²) in [7, 11) is 0. The van der Waals surface area contributed by atoms with E-state index < -0.39 is 6.10 Å². The van der Waals surface area contributed by atoms with Crippen molar-refractivity contribution in [3.05, 3.63) is 18.2 Å². The standard InChI is InChI=1S/C17H32N2O/c1-3-4-5-6-7-8-9-10-11-12-14-19-15-13-18-17(19)16(2)20/h13,15-16,20H,3-12,14H2,1-2H3. The van der Waals surface area contributed by atoms with Crippen molar-refractivity contribution in [3.63, 3.8) is 0 Å². The Balaban J connectivity index is 1.96. The van der Waals surface area contributed by atoms with Crippen LogP contribution in [-0.2, 0) is 6.54 Å². The lowest BCUT2D eigenvalue weighted by Gasteiger charge is -2.09. The maximum atomic E-state index is 9.57. The lowest BCUT2D eigenvalue weighted by molar-refractivity contribution is 0.183. The molecule has 0 bridgehead atoms. The average molecular weight is 280 g/mol. The second-order valence-electron chi connectivity index (χ2n) is 5.84. The zero-order valence-electron chi connectivity index (χ0n) is 13.4. The molecule has 1 unspecified atom stereocenters. The van der Waals surface area contributed by atoms with E-state index in [1.54, 1.807) is 13.1 Å². The molecule has 0 fully saturated rings. The Hall–Kier alpha value is -0.830. The highest BCUT2D eigenvalue weighted by Crippen LogP contribution is 2.13. The van der Waals surface area contributed by atoms with Crippen LogP contribution in [0.25, 0.3) is 0 Å². The number of aliphatic hydroxyl groups is 1. The van der Waals surface area contributed by atoms with Crippen LogP contribution in [0.3, 0.4) is 0 Å². The van der Waals surface area contributed by atoms with E-state index in [1.165, 1.54) is 64.2 Å². The molecule has 0 aliphatic heterocycles. The molecule has 3 nitrogen and oxygen atoms in total. The van der Waals surface area contributed by atoms with Crippen LogP contribution in [0.5, 0.6) is 0 Å². The Morgan fingerprint density at radius 3 is 2.10 bits per heavy atom. The van der Waals surface area contributed by atoms with Crippen LogP contribution < -0.4 is 0 Å². The van der Waals surface area contributed by atoms with E-state index in [2.05, 4.69) is 16.5 Å². The third-order valence-corrected chi connectivity index (χ3v) is 3.87. The Morgan fingerprint density at radius 2 is 1.55 bits per heavy atom. The SMILES string of the molecule is CCCCCCCCCCCCn1ccnc1C(C)O. The molecule has 1 heterocycles. The summed E-state index contributed by atoms with van der Waals surface area (Å²) in [6.07, 6.45) is 16.8. The first-order chi connectivity index (χ1) is 9.75. The second kappa shape index (κ2) is 10.9. The maximum absolute atomic E-state index is 9.57. The van der Waals surface area contributed by atoms with Crippen molar-refractivity contribution in [1.82, 2.24) is 9.55 Å². The van der Waals surface area contributed by atoms with E-state index in [0.717, 1.165) is 12.4 Å². The van der Waals surface area contributed by atoms with Gasteiger partial charge < -0.3 is 9.67 Å². The molecule has 1 N–H and O–H groups in total. The molecule has 20 heavy (non-hydrogen) atoms. The summed E-state index contributed by atoms with van der Waals surface area (Å²) < 4.78 is 2.08. The lowest BCUT2D eigenvalue weighted by atomic mass is 10.1. The van der Waals surface area contributed by atoms with E-state index in [9.17, 15) is 5.11 Å². The number of unbranched alkanes of at least 4 members (excludes halogenated alkanes) is 9. The van der Waals surface area contributed by atoms with Gasteiger partial charge in [-0.15, -0.1) is 0 Å². The van der Waals surface area contributed by atoms with Gasteiger partial charge in [0.15, 0.2) is 0 Å². The Bertz CT molecular complexity index is 333. The van der Waals surface area contributed by atoms with Gasteiger partial charge in [-0.2, -0.15) is 0 Å². The number of aryl methyl sites for hydroxylation is 1. The Kier molecular flexibility index (Phi) is 9.38. The van der Waals surface area contributed by atoms with Crippen molar-refractivity contribution in [2.45, 2.75) is 90.7 Å². The maximum Gasteiger partial charge on any atom is 0.137 e. The van der Waals surface area contributed by atoms with Gasteiger partial charge in [0.1, 0.15) is 11.9 Å². The van der Waals surface area contributed by atoms with Crippen molar-refractivity contribution in [3.8, 4) is 0 Å². The molecule has 0 spiro atoms. The smallest absolute Gasteiger partial charge is 0.137 e. The van der Waals surface area contributed by atoms with Crippen LogP contribution in [0, 0.1) is 0 Å². The first-order valence-corrected chi connectivity index (χ1v) is 8.44. The molecule has 0 saturated carbocycles. The van der Waals surface area contributed by atoms with Crippen molar-refractivity contribution in [1.29, 1.82) is 0 Å². The lowest BCUT2D eigenvalue weighted by Crippen LogP contribution is -2.06. The van der Waals surface area contributed by atoms with Crippen LogP contribution in [-0.4, -0.2) is 14.7 Å². The Morgan fingerprint density at radius 1 is 1.00 bits per heavy atom. The summed E-state index contributed by atoms with van der Waals surface area (Å²) in [5, 5.41) is 9.57. The number of nitrogens with zero attached hydrogens (tertiary/aromatic N) is 2. The van der Waals surface area contributed by atoms with E-state index in [1.807, 2.05) is 6.20 Å². The zero-order chi connectivity index (χ0) is 14.6. The van der Waals surface area contributed by atoms with Crippen molar-refractivity contribution in [2.24, 2.45) is 0 Å². The molecule has 0 aliphatic carbocycles. The van der Waals surface area contributed by atoms with Crippen molar-refractivity contribution in [2.75, 3.05) is 0 Å². The molecule has 0 aliphatic rings.